The second-order valence-corrected chi connectivity index (χ2v) is 6.44. The highest BCUT2D eigenvalue weighted by Gasteiger charge is 2.32. The fraction of sp³-hybridized carbons (Fsp3) is 0.238. The molecule has 0 spiro atoms. The molecule has 0 radical (unpaired) electrons. The van der Waals surface area contributed by atoms with Crippen LogP contribution in [0.25, 0.3) is 16.6 Å². The summed E-state index contributed by atoms with van der Waals surface area (Å²) in [5, 5.41) is 19.3. The quantitative estimate of drug-likeness (QED) is 0.736. The van der Waals surface area contributed by atoms with Gasteiger partial charge >= 0.3 is 0 Å². The van der Waals surface area contributed by atoms with Gasteiger partial charge in [0, 0.05) is 12.2 Å². The predicted molar refractivity (Wildman–Crippen MR) is 106 cm³/mol. The molecule has 2 N–H and O–H groups in total. The lowest BCUT2D eigenvalue weighted by molar-refractivity contribution is 0.411. The summed E-state index contributed by atoms with van der Waals surface area (Å²) in [6.07, 6.45) is 0.979. The van der Waals surface area contributed by atoms with Crippen molar-refractivity contribution in [3.63, 3.8) is 0 Å². The van der Waals surface area contributed by atoms with E-state index in [4.69, 9.17) is 10.4 Å². The highest BCUT2D eigenvalue weighted by molar-refractivity contribution is 6.30. The van der Waals surface area contributed by atoms with Crippen molar-refractivity contribution in [3.8, 4) is 0 Å². The molecule has 0 unspecified atom stereocenters. The van der Waals surface area contributed by atoms with Gasteiger partial charge in [0.1, 0.15) is 17.4 Å². The van der Waals surface area contributed by atoms with Crippen LogP contribution in [-0.2, 0) is 13.0 Å². The van der Waals surface area contributed by atoms with Crippen LogP contribution in [-0.4, -0.2) is 27.0 Å². The number of para-hydroxylation sites is 2. The number of anilines is 1. The summed E-state index contributed by atoms with van der Waals surface area (Å²) in [6.45, 7) is 5.19. The fourth-order valence-electron chi connectivity index (χ4n) is 3.53. The standard InChI is InChI=1S/C21H22N4O/c1-3-14-9-11-15(12-10-14)25-13-18(26)19(20(25)22)21-23-16-7-5-6-8-17(16)24(21)4-2/h5-12,22,26H,3-4,13H2,1-2H3. The lowest BCUT2D eigenvalue weighted by atomic mass is 10.1. The number of hydrogen-bond acceptors (Lipinski definition) is 3. The van der Waals surface area contributed by atoms with E-state index >= 15 is 0 Å². The van der Waals surface area contributed by atoms with Gasteiger partial charge in [-0.2, -0.15) is 0 Å². The SMILES string of the molecule is CCc1ccc(N2CC(O)=C(c3nc4ccccc4n3CC)C2=N)cc1. The molecule has 1 aliphatic heterocycles. The zero-order valence-electron chi connectivity index (χ0n) is 15.0. The van der Waals surface area contributed by atoms with E-state index in [1.165, 1.54) is 5.56 Å². The molecule has 0 bridgehead atoms. The van der Waals surface area contributed by atoms with Crippen LogP contribution < -0.4 is 4.90 Å². The van der Waals surface area contributed by atoms with Crippen LogP contribution in [0.4, 0.5) is 5.69 Å². The molecule has 1 aromatic heterocycles. The molecule has 2 aromatic carbocycles. The highest BCUT2D eigenvalue weighted by Crippen LogP contribution is 2.32. The average molecular weight is 346 g/mol. The maximum Gasteiger partial charge on any atom is 0.148 e. The van der Waals surface area contributed by atoms with Gasteiger partial charge in [-0.15, -0.1) is 0 Å². The minimum Gasteiger partial charge on any atom is -0.509 e. The third kappa shape index (κ3) is 2.47. The molecular weight excluding hydrogens is 324 g/mol. The lowest BCUT2D eigenvalue weighted by Crippen LogP contribution is -2.26. The van der Waals surface area contributed by atoms with Gasteiger partial charge < -0.3 is 14.6 Å². The van der Waals surface area contributed by atoms with Gasteiger partial charge in [-0.25, -0.2) is 4.98 Å². The maximum atomic E-state index is 10.6. The van der Waals surface area contributed by atoms with Crippen molar-refractivity contribution in [3.05, 3.63) is 65.7 Å². The predicted octanol–water partition coefficient (Wildman–Crippen LogP) is 4.39. The first-order valence-corrected chi connectivity index (χ1v) is 8.97. The summed E-state index contributed by atoms with van der Waals surface area (Å²) < 4.78 is 2.05. The van der Waals surface area contributed by atoms with Crippen LogP contribution in [0.3, 0.4) is 0 Å². The summed E-state index contributed by atoms with van der Waals surface area (Å²) in [7, 11) is 0. The zero-order valence-corrected chi connectivity index (χ0v) is 15.0. The van der Waals surface area contributed by atoms with Crippen molar-refractivity contribution in [1.29, 1.82) is 5.41 Å². The number of hydrogen-bond donors (Lipinski definition) is 2. The van der Waals surface area contributed by atoms with Crippen molar-refractivity contribution in [2.75, 3.05) is 11.4 Å². The van der Waals surface area contributed by atoms with E-state index in [-0.39, 0.29) is 11.6 Å². The lowest BCUT2D eigenvalue weighted by Gasteiger charge is -2.19. The number of amidine groups is 1. The molecule has 1 aliphatic rings. The van der Waals surface area contributed by atoms with Crippen LogP contribution in [0.15, 0.2) is 54.3 Å². The summed E-state index contributed by atoms with van der Waals surface area (Å²) in [4.78, 5) is 6.52. The van der Waals surface area contributed by atoms with Gasteiger partial charge in [0.25, 0.3) is 0 Å². The molecule has 132 valence electrons. The number of rotatable bonds is 4. The van der Waals surface area contributed by atoms with Crippen LogP contribution >= 0.6 is 0 Å². The summed E-state index contributed by atoms with van der Waals surface area (Å²) >= 11 is 0. The molecule has 3 aromatic rings. The Morgan fingerprint density at radius 2 is 1.81 bits per heavy atom. The van der Waals surface area contributed by atoms with E-state index in [9.17, 15) is 5.11 Å². The highest BCUT2D eigenvalue weighted by atomic mass is 16.3. The number of aliphatic hydroxyl groups excluding tert-OH is 1. The van der Waals surface area contributed by atoms with Crippen molar-refractivity contribution in [1.82, 2.24) is 9.55 Å². The number of aryl methyl sites for hydroxylation is 2. The van der Waals surface area contributed by atoms with Gasteiger partial charge in [-0.1, -0.05) is 31.2 Å². The topological polar surface area (TPSA) is 65.1 Å². The van der Waals surface area contributed by atoms with E-state index in [1.54, 1.807) is 0 Å². The Balaban J connectivity index is 1.75. The van der Waals surface area contributed by atoms with E-state index in [1.807, 2.05) is 41.3 Å². The van der Waals surface area contributed by atoms with Gasteiger partial charge in [-0.05, 0) is 43.2 Å². The van der Waals surface area contributed by atoms with Crippen LogP contribution in [0.5, 0.6) is 0 Å². The molecule has 4 rings (SSSR count). The molecule has 0 saturated heterocycles. The zero-order chi connectivity index (χ0) is 18.3. The van der Waals surface area contributed by atoms with Gasteiger partial charge in [0.2, 0.25) is 0 Å². The number of aliphatic hydroxyl groups is 1. The molecule has 0 fully saturated rings. The van der Waals surface area contributed by atoms with Crippen LogP contribution in [0, 0.1) is 5.41 Å². The molecule has 0 aliphatic carbocycles. The molecule has 0 atom stereocenters. The Morgan fingerprint density at radius 3 is 2.50 bits per heavy atom. The molecular formula is C21H22N4O. The number of imidazole rings is 1. The Morgan fingerprint density at radius 1 is 1.08 bits per heavy atom. The smallest absolute Gasteiger partial charge is 0.148 e. The molecule has 0 amide bonds. The third-order valence-electron chi connectivity index (χ3n) is 4.95. The van der Waals surface area contributed by atoms with Crippen molar-refractivity contribution < 1.29 is 5.11 Å². The second-order valence-electron chi connectivity index (χ2n) is 6.44. The number of fused-ring (bicyclic) bond motifs is 1. The van der Waals surface area contributed by atoms with E-state index < -0.39 is 0 Å². The molecule has 26 heavy (non-hydrogen) atoms. The fourth-order valence-corrected chi connectivity index (χ4v) is 3.53. The van der Waals surface area contributed by atoms with Crippen molar-refractivity contribution in [2.45, 2.75) is 26.8 Å². The number of benzene rings is 2. The van der Waals surface area contributed by atoms with Gasteiger partial charge in [0.15, 0.2) is 0 Å². The maximum absolute atomic E-state index is 10.6. The third-order valence-corrected chi connectivity index (χ3v) is 4.95. The Hall–Kier alpha value is -3.08. The first-order valence-electron chi connectivity index (χ1n) is 8.97. The van der Waals surface area contributed by atoms with Crippen LogP contribution in [0.1, 0.15) is 25.2 Å². The molecule has 0 saturated carbocycles. The second kappa shape index (κ2) is 6.33. The average Bonchev–Trinajstić information content (AvgIpc) is 3.18. The minimum absolute atomic E-state index is 0.194. The Labute approximate surface area is 152 Å². The first-order chi connectivity index (χ1) is 12.6. The molecule has 2 heterocycles. The van der Waals surface area contributed by atoms with E-state index in [2.05, 4.69) is 30.5 Å². The van der Waals surface area contributed by atoms with Crippen molar-refractivity contribution >= 4 is 28.1 Å². The van der Waals surface area contributed by atoms with Gasteiger partial charge in [0.05, 0.1) is 23.2 Å². The molecule has 5 heteroatoms. The van der Waals surface area contributed by atoms with Crippen LogP contribution in [0.2, 0.25) is 0 Å². The monoisotopic (exact) mass is 346 g/mol. The number of aromatic nitrogens is 2. The number of nitrogens with zero attached hydrogens (tertiary/aromatic N) is 3. The summed E-state index contributed by atoms with van der Waals surface area (Å²) in [6, 6.07) is 16.1. The Kier molecular flexibility index (Phi) is 3.99. The van der Waals surface area contributed by atoms with Gasteiger partial charge in [-0.3, -0.25) is 5.41 Å². The number of nitrogens with one attached hydrogen (secondary N) is 1. The first kappa shape index (κ1) is 16.4. The summed E-state index contributed by atoms with van der Waals surface area (Å²) in [5.74, 6) is 1.14. The normalized spacial score (nSPS) is 14.7. The van der Waals surface area contributed by atoms with E-state index in [0.717, 1.165) is 29.7 Å². The summed E-state index contributed by atoms with van der Waals surface area (Å²) in [5.41, 5.74) is 4.58. The Bertz CT molecular complexity index is 1010. The molecule has 5 nitrogen and oxygen atoms in total. The minimum atomic E-state index is 0.194. The van der Waals surface area contributed by atoms with Crippen molar-refractivity contribution in [2.24, 2.45) is 0 Å². The largest absolute Gasteiger partial charge is 0.509 e. The van der Waals surface area contributed by atoms with E-state index in [0.29, 0.717) is 17.9 Å².